The number of carbonyl (C=O) groups excluding carboxylic acids is 1. The van der Waals surface area contributed by atoms with E-state index in [4.69, 9.17) is 4.74 Å². The third-order valence-electron chi connectivity index (χ3n) is 4.66. The number of rotatable bonds is 9. The van der Waals surface area contributed by atoms with Gasteiger partial charge in [-0.25, -0.2) is 9.38 Å². The lowest BCUT2D eigenvalue weighted by molar-refractivity contribution is -0.123. The van der Waals surface area contributed by atoms with Crippen molar-refractivity contribution in [3.8, 4) is 5.75 Å². The second-order valence-corrected chi connectivity index (χ2v) is 7.41. The first-order chi connectivity index (χ1) is 14.5. The smallest absolute Gasteiger partial charge is 0.258 e. The number of aryl methyl sites for hydroxylation is 1. The summed E-state index contributed by atoms with van der Waals surface area (Å²) in [4.78, 5) is 16.4. The van der Waals surface area contributed by atoms with Crippen LogP contribution in [0, 0.1) is 12.7 Å². The number of hydrogen-bond acceptors (Lipinski definition) is 3. The molecule has 1 aliphatic rings. The fourth-order valence-corrected chi connectivity index (χ4v) is 2.89. The molecule has 1 saturated carbocycles. The second-order valence-electron chi connectivity index (χ2n) is 7.41. The van der Waals surface area contributed by atoms with Gasteiger partial charge >= 0.3 is 0 Å². The highest BCUT2D eigenvalue weighted by Crippen LogP contribution is 2.18. The molecule has 2 aromatic rings. The highest BCUT2D eigenvalue weighted by atomic mass is 127. The van der Waals surface area contributed by atoms with Crippen molar-refractivity contribution in [1.82, 2.24) is 16.0 Å². The minimum Gasteiger partial charge on any atom is -0.484 e. The molecule has 0 atom stereocenters. The van der Waals surface area contributed by atoms with E-state index in [2.05, 4.69) is 20.9 Å². The molecule has 1 amide bonds. The molecule has 0 heterocycles. The van der Waals surface area contributed by atoms with Gasteiger partial charge in [-0.1, -0.05) is 24.3 Å². The molecule has 2 aromatic carbocycles. The van der Waals surface area contributed by atoms with Crippen LogP contribution in [-0.4, -0.2) is 31.1 Å². The number of carbonyl (C=O) groups is 1. The van der Waals surface area contributed by atoms with Crippen LogP contribution in [0.15, 0.2) is 47.5 Å². The Kier molecular flexibility index (Phi) is 10.0. The van der Waals surface area contributed by atoms with Gasteiger partial charge in [0.05, 0.1) is 6.54 Å². The molecule has 3 N–H and O–H groups in total. The molecule has 0 aromatic heterocycles. The molecule has 168 valence electrons. The number of amides is 1. The Bertz CT molecular complexity index is 903. The molecule has 0 bridgehead atoms. The number of nitrogens with one attached hydrogen (secondary N) is 3. The van der Waals surface area contributed by atoms with E-state index < -0.39 is 0 Å². The Balaban J connectivity index is 0.00000341. The van der Waals surface area contributed by atoms with Gasteiger partial charge in [-0.05, 0) is 61.6 Å². The van der Waals surface area contributed by atoms with Gasteiger partial charge in [0, 0.05) is 19.1 Å². The van der Waals surface area contributed by atoms with Crippen molar-refractivity contribution in [2.75, 3.05) is 13.2 Å². The van der Waals surface area contributed by atoms with E-state index in [9.17, 15) is 9.18 Å². The average Bonchev–Trinajstić information content (AvgIpc) is 3.55. The van der Waals surface area contributed by atoms with Crippen molar-refractivity contribution >= 4 is 35.8 Å². The zero-order valence-electron chi connectivity index (χ0n) is 17.9. The third-order valence-corrected chi connectivity index (χ3v) is 4.66. The van der Waals surface area contributed by atoms with Crippen molar-refractivity contribution in [2.45, 2.75) is 45.8 Å². The molecule has 1 aliphatic carbocycles. The van der Waals surface area contributed by atoms with Gasteiger partial charge in [-0.15, -0.1) is 24.0 Å². The highest BCUT2D eigenvalue weighted by Gasteiger charge is 2.23. The molecule has 1 fully saturated rings. The standard InChI is InChI=1S/C23H29FN4O2.HI/c1-3-25-23(27-14-18-7-10-21(24)16(2)11-18)26-13-17-5-4-6-20(12-17)30-15-22(29)28-19-8-9-19;/h4-7,10-12,19H,3,8-9,13-15H2,1-2H3,(H,28,29)(H2,25,26,27);1H. The summed E-state index contributed by atoms with van der Waals surface area (Å²) in [6.07, 6.45) is 2.12. The van der Waals surface area contributed by atoms with Crippen molar-refractivity contribution in [1.29, 1.82) is 0 Å². The molecule has 0 aliphatic heterocycles. The fourth-order valence-electron chi connectivity index (χ4n) is 2.89. The summed E-state index contributed by atoms with van der Waals surface area (Å²) in [5.74, 6) is 1.03. The first-order valence-electron chi connectivity index (χ1n) is 10.3. The van der Waals surface area contributed by atoms with Crippen molar-refractivity contribution in [3.63, 3.8) is 0 Å². The van der Waals surface area contributed by atoms with Gasteiger partial charge < -0.3 is 20.7 Å². The molecule has 6 nitrogen and oxygen atoms in total. The number of aliphatic imine (C=N–C) groups is 1. The topological polar surface area (TPSA) is 74.8 Å². The lowest BCUT2D eigenvalue weighted by Gasteiger charge is -2.12. The normalized spacial score (nSPS) is 13.2. The Morgan fingerprint density at radius 3 is 2.68 bits per heavy atom. The minimum absolute atomic E-state index is 0. The zero-order chi connectivity index (χ0) is 21.3. The van der Waals surface area contributed by atoms with Gasteiger partial charge in [0.1, 0.15) is 11.6 Å². The summed E-state index contributed by atoms with van der Waals surface area (Å²) in [7, 11) is 0. The molecule has 0 saturated heterocycles. The van der Waals surface area contributed by atoms with Gasteiger partial charge in [-0.2, -0.15) is 0 Å². The van der Waals surface area contributed by atoms with Crippen LogP contribution in [0.3, 0.4) is 0 Å². The Morgan fingerprint density at radius 1 is 1.16 bits per heavy atom. The van der Waals surface area contributed by atoms with Crippen LogP contribution in [0.5, 0.6) is 5.75 Å². The monoisotopic (exact) mass is 540 g/mol. The van der Waals surface area contributed by atoms with Crippen LogP contribution in [0.25, 0.3) is 0 Å². The molecule has 0 unspecified atom stereocenters. The van der Waals surface area contributed by atoms with Crippen LogP contribution in [-0.2, 0) is 17.9 Å². The summed E-state index contributed by atoms with van der Waals surface area (Å²) >= 11 is 0. The fraction of sp³-hybridized carbons (Fsp3) is 0.391. The lowest BCUT2D eigenvalue weighted by atomic mass is 10.1. The van der Waals surface area contributed by atoms with Crippen LogP contribution in [0.1, 0.15) is 36.5 Å². The number of benzene rings is 2. The maximum absolute atomic E-state index is 13.4. The predicted octanol–water partition coefficient (Wildman–Crippen LogP) is 3.66. The van der Waals surface area contributed by atoms with E-state index in [1.165, 1.54) is 6.07 Å². The van der Waals surface area contributed by atoms with Gasteiger partial charge in [0.15, 0.2) is 12.6 Å². The SMILES string of the molecule is CCNC(=NCc1cccc(OCC(=O)NC2CC2)c1)NCc1ccc(F)c(C)c1.I. The van der Waals surface area contributed by atoms with Gasteiger partial charge in [0.2, 0.25) is 0 Å². The van der Waals surface area contributed by atoms with Crippen molar-refractivity contribution in [3.05, 3.63) is 65.0 Å². The van der Waals surface area contributed by atoms with E-state index >= 15 is 0 Å². The first-order valence-corrected chi connectivity index (χ1v) is 10.3. The van der Waals surface area contributed by atoms with E-state index in [-0.39, 0.29) is 42.3 Å². The molecule has 31 heavy (non-hydrogen) atoms. The number of guanidine groups is 1. The van der Waals surface area contributed by atoms with Crippen LogP contribution < -0.4 is 20.7 Å². The first kappa shape index (κ1) is 24.9. The molecule has 3 rings (SSSR count). The van der Waals surface area contributed by atoms with Crippen molar-refractivity contribution < 1.29 is 13.9 Å². The molecule has 0 spiro atoms. The van der Waals surface area contributed by atoms with E-state index in [1.54, 1.807) is 13.0 Å². The van der Waals surface area contributed by atoms with E-state index in [1.807, 2.05) is 37.3 Å². The van der Waals surface area contributed by atoms with E-state index in [0.717, 1.165) is 30.5 Å². The number of nitrogens with zero attached hydrogens (tertiary/aromatic N) is 1. The summed E-state index contributed by atoms with van der Waals surface area (Å²) in [5, 5.41) is 9.38. The molecule has 0 radical (unpaired) electrons. The zero-order valence-corrected chi connectivity index (χ0v) is 20.2. The van der Waals surface area contributed by atoms with Gasteiger partial charge in [-0.3, -0.25) is 4.79 Å². The quantitative estimate of drug-likeness (QED) is 0.258. The molecule has 8 heteroatoms. The van der Waals surface area contributed by atoms with E-state index in [0.29, 0.717) is 36.4 Å². The number of halogens is 2. The number of hydrogen-bond donors (Lipinski definition) is 3. The summed E-state index contributed by atoms with van der Waals surface area (Å²) < 4.78 is 19.0. The van der Waals surface area contributed by atoms with Crippen LogP contribution in [0.2, 0.25) is 0 Å². The van der Waals surface area contributed by atoms with Gasteiger partial charge in [0.25, 0.3) is 5.91 Å². The molecular weight excluding hydrogens is 510 g/mol. The number of ether oxygens (including phenoxy) is 1. The average molecular weight is 540 g/mol. The molecular formula is C23H30FIN4O2. The Morgan fingerprint density at radius 2 is 1.97 bits per heavy atom. The third kappa shape index (κ3) is 8.72. The van der Waals surface area contributed by atoms with Crippen LogP contribution in [0.4, 0.5) is 4.39 Å². The second kappa shape index (κ2) is 12.5. The maximum Gasteiger partial charge on any atom is 0.258 e. The summed E-state index contributed by atoms with van der Waals surface area (Å²) in [6.45, 7) is 5.51. The predicted molar refractivity (Wildman–Crippen MR) is 131 cm³/mol. The summed E-state index contributed by atoms with van der Waals surface area (Å²) in [5.41, 5.74) is 2.59. The maximum atomic E-state index is 13.4. The van der Waals surface area contributed by atoms with Crippen LogP contribution >= 0.6 is 24.0 Å². The van der Waals surface area contributed by atoms with Crippen molar-refractivity contribution in [2.24, 2.45) is 4.99 Å². The minimum atomic E-state index is -0.202. The highest BCUT2D eigenvalue weighted by molar-refractivity contribution is 14.0. The summed E-state index contributed by atoms with van der Waals surface area (Å²) in [6, 6.07) is 13.0. The Hall–Kier alpha value is -2.36. The largest absolute Gasteiger partial charge is 0.484 e. The lowest BCUT2D eigenvalue weighted by Crippen LogP contribution is -2.36. The Labute approximate surface area is 200 Å².